The Morgan fingerprint density at radius 3 is 2.44 bits per heavy atom. The molecule has 0 saturated carbocycles. The predicted molar refractivity (Wildman–Crippen MR) is 78.1 cm³/mol. The van der Waals surface area contributed by atoms with Crippen LogP contribution in [-0.4, -0.2) is 26.7 Å². The molecule has 1 N–H and O–H groups in total. The minimum Gasteiger partial charge on any atom is -0.322 e. The average molecular weight is 269 g/mol. The van der Waals surface area contributed by atoms with Crippen LogP contribution in [0.5, 0.6) is 0 Å². The zero-order valence-corrected chi connectivity index (χ0v) is 12.9. The molecule has 0 aliphatic carbocycles. The number of anilines is 1. The molecule has 0 aliphatic heterocycles. The number of nitrogens with zero attached hydrogens (tertiary/aromatic N) is 2. The highest BCUT2D eigenvalue weighted by molar-refractivity contribution is 8.00. The number of aromatic nitrogens is 2. The Hall–Kier alpha value is -0.970. The molecule has 0 spiro atoms. The second-order valence-corrected chi connectivity index (χ2v) is 6.34. The van der Waals surface area contributed by atoms with Crippen molar-refractivity contribution in [2.24, 2.45) is 13.0 Å². The summed E-state index contributed by atoms with van der Waals surface area (Å²) >= 11 is 1.69. The quantitative estimate of drug-likeness (QED) is 0.894. The first-order valence-corrected chi connectivity index (χ1v) is 7.29. The van der Waals surface area contributed by atoms with Crippen molar-refractivity contribution in [3.05, 3.63) is 11.4 Å². The average Bonchev–Trinajstić information content (AvgIpc) is 2.52. The third-order valence-corrected chi connectivity index (χ3v) is 4.69. The number of carbonyl (C=O) groups excluding carboxylic acids is 1. The lowest BCUT2D eigenvalue weighted by atomic mass is 10.2. The number of hydrogen-bond acceptors (Lipinski definition) is 3. The van der Waals surface area contributed by atoms with Gasteiger partial charge in [-0.05, 0) is 19.8 Å². The third-order valence-electron chi connectivity index (χ3n) is 3.19. The van der Waals surface area contributed by atoms with Gasteiger partial charge in [0, 0.05) is 12.3 Å². The summed E-state index contributed by atoms with van der Waals surface area (Å²) < 4.78 is 1.79. The van der Waals surface area contributed by atoms with Crippen LogP contribution < -0.4 is 5.32 Å². The van der Waals surface area contributed by atoms with E-state index in [-0.39, 0.29) is 5.91 Å². The Bertz CT molecular complexity index is 426. The van der Waals surface area contributed by atoms with Gasteiger partial charge in [0.05, 0.1) is 22.8 Å². The van der Waals surface area contributed by atoms with Crippen LogP contribution in [0.15, 0.2) is 0 Å². The van der Waals surface area contributed by atoms with E-state index in [1.807, 2.05) is 20.9 Å². The fraction of sp³-hybridized carbons (Fsp3) is 0.692. The number of aryl methyl sites for hydroxylation is 2. The number of carbonyl (C=O) groups is 1. The molecule has 0 bridgehead atoms. The van der Waals surface area contributed by atoms with E-state index in [1.165, 1.54) is 0 Å². The molecule has 1 heterocycles. The van der Waals surface area contributed by atoms with Crippen LogP contribution in [0, 0.1) is 19.8 Å². The normalized spacial score (nSPS) is 12.8. The van der Waals surface area contributed by atoms with Gasteiger partial charge in [-0.3, -0.25) is 9.48 Å². The zero-order valence-electron chi connectivity index (χ0n) is 12.1. The molecule has 102 valence electrons. The maximum absolute atomic E-state index is 11.9. The first-order chi connectivity index (χ1) is 8.32. The van der Waals surface area contributed by atoms with E-state index in [9.17, 15) is 4.79 Å². The molecule has 0 aromatic carbocycles. The highest BCUT2D eigenvalue weighted by Gasteiger charge is 2.14. The van der Waals surface area contributed by atoms with Gasteiger partial charge in [-0.2, -0.15) is 5.10 Å². The highest BCUT2D eigenvalue weighted by atomic mass is 32.2. The van der Waals surface area contributed by atoms with Crippen molar-refractivity contribution in [1.29, 1.82) is 0 Å². The minimum absolute atomic E-state index is 0.0479. The molecule has 5 heteroatoms. The molecule has 18 heavy (non-hydrogen) atoms. The summed E-state index contributed by atoms with van der Waals surface area (Å²) in [4.78, 5) is 11.9. The third kappa shape index (κ3) is 3.77. The van der Waals surface area contributed by atoms with E-state index in [0.29, 0.717) is 16.9 Å². The molecule has 1 aromatic heterocycles. The lowest BCUT2D eigenvalue weighted by Crippen LogP contribution is -2.18. The number of amides is 1. The van der Waals surface area contributed by atoms with Crippen LogP contribution in [0.2, 0.25) is 0 Å². The molecule has 0 unspecified atom stereocenters. The maximum Gasteiger partial charge on any atom is 0.234 e. The second-order valence-electron chi connectivity index (χ2n) is 4.98. The lowest BCUT2D eigenvalue weighted by Gasteiger charge is -2.14. The van der Waals surface area contributed by atoms with Crippen molar-refractivity contribution in [3.8, 4) is 0 Å². The fourth-order valence-corrected chi connectivity index (χ4v) is 2.40. The number of rotatable bonds is 5. The van der Waals surface area contributed by atoms with Crippen LogP contribution in [0.4, 0.5) is 5.69 Å². The zero-order chi connectivity index (χ0) is 13.9. The van der Waals surface area contributed by atoms with Crippen molar-refractivity contribution in [3.63, 3.8) is 0 Å². The minimum atomic E-state index is 0.0479. The molecule has 1 atom stereocenters. The molecule has 0 radical (unpaired) electrons. The Kier molecular flexibility index (Phi) is 5.26. The summed E-state index contributed by atoms with van der Waals surface area (Å²) in [6.07, 6.45) is 0. The SMILES string of the molecule is Cc1nn(C)c(C)c1NC(=O)CS[C@@H](C)C(C)C. The van der Waals surface area contributed by atoms with E-state index in [1.54, 1.807) is 16.4 Å². The summed E-state index contributed by atoms with van der Waals surface area (Å²) in [6.45, 7) is 10.4. The van der Waals surface area contributed by atoms with Gasteiger partial charge in [0.1, 0.15) is 0 Å². The second kappa shape index (κ2) is 6.27. The van der Waals surface area contributed by atoms with Crippen LogP contribution in [0.1, 0.15) is 32.2 Å². The Morgan fingerprint density at radius 2 is 2.00 bits per heavy atom. The van der Waals surface area contributed by atoms with E-state index in [0.717, 1.165) is 17.1 Å². The summed E-state index contributed by atoms with van der Waals surface area (Å²) in [5.41, 5.74) is 2.70. The smallest absolute Gasteiger partial charge is 0.234 e. The van der Waals surface area contributed by atoms with Crippen molar-refractivity contribution < 1.29 is 4.79 Å². The first-order valence-electron chi connectivity index (χ1n) is 6.24. The molecule has 0 aliphatic rings. The molecule has 0 fully saturated rings. The first kappa shape index (κ1) is 15.1. The van der Waals surface area contributed by atoms with Gasteiger partial charge in [0.15, 0.2) is 0 Å². The molecule has 1 aromatic rings. The van der Waals surface area contributed by atoms with Crippen molar-refractivity contribution in [1.82, 2.24) is 9.78 Å². The largest absolute Gasteiger partial charge is 0.322 e. The summed E-state index contributed by atoms with van der Waals surface area (Å²) in [5, 5.41) is 7.73. The van der Waals surface area contributed by atoms with Crippen LogP contribution in [-0.2, 0) is 11.8 Å². The van der Waals surface area contributed by atoms with Gasteiger partial charge >= 0.3 is 0 Å². The van der Waals surface area contributed by atoms with Gasteiger partial charge in [0.2, 0.25) is 5.91 Å². The number of thioether (sulfide) groups is 1. The van der Waals surface area contributed by atoms with E-state index in [2.05, 4.69) is 31.2 Å². The highest BCUT2D eigenvalue weighted by Crippen LogP contribution is 2.21. The number of nitrogens with one attached hydrogen (secondary N) is 1. The maximum atomic E-state index is 11.9. The molecule has 1 amide bonds. The Balaban J connectivity index is 2.55. The summed E-state index contributed by atoms with van der Waals surface area (Å²) in [5.74, 6) is 1.13. The van der Waals surface area contributed by atoms with Gasteiger partial charge in [-0.15, -0.1) is 11.8 Å². The van der Waals surface area contributed by atoms with Crippen molar-refractivity contribution >= 4 is 23.4 Å². The van der Waals surface area contributed by atoms with Crippen LogP contribution >= 0.6 is 11.8 Å². The van der Waals surface area contributed by atoms with Gasteiger partial charge < -0.3 is 5.32 Å². The van der Waals surface area contributed by atoms with E-state index in [4.69, 9.17) is 0 Å². The summed E-state index contributed by atoms with van der Waals surface area (Å²) in [6, 6.07) is 0. The monoisotopic (exact) mass is 269 g/mol. The number of hydrogen-bond donors (Lipinski definition) is 1. The molecular formula is C13H23N3OS. The standard InChI is InChI=1S/C13H23N3OS/c1-8(2)11(5)18-7-12(17)14-13-9(3)15-16(6)10(13)4/h8,11H,7H2,1-6H3,(H,14,17)/t11-/m0/s1. The topological polar surface area (TPSA) is 46.9 Å². The van der Waals surface area contributed by atoms with Crippen molar-refractivity contribution in [2.45, 2.75) is 39.9 Å². The fourth-order valence-electron chi connectivity index (χ4n) is 1.53. The van der Waals surface area contributed by atoms with Crippen molar-refractivity contribution in [2.75, 3.05) is 11.1 Å². The van der Waals surface area contributed by atoms with Gasteiger partial charge in [-0.25, -0.2) is 0 Å². The molecular weight excluding hydrogens is 246 g/mol. The lowest BCUT2D eigenvalue weighted by molar-refractivity contribution is -0.113. The Morgan fingerprint density at radius 1 is 1.39 bits per heavy atom. The van der Waals surface area contributed by atoms with E-state index >= 15 is 0 Å². The van der Waals surface area contributed by atoms with E-state index < -0.39 is 0 Å². The molecule has 1 rings (SSSR count). The molecule has 0 saturated heterocycles. The van der Waals surface area contributed by atoms with Crippen LogP contribution in [0.25, 0.3) is 0 Å². The Labute approximate surface area is 114 Å². The summed E-state index contributed by atoms with van der Waals surface area (Å²) in [7, 11) is 1.88. The molecule has 4 nitrogen and oxygen atoms in total. The van der Waals surface area contributed by atoms with Gasteiger partial charge in [-0.1, -0.05) is 20.8 Å². The van der Waals surface area contributed by atoms with Gasteiger partial charge in [0.25, 0.3) is 0 Å². The van der Waals surface area contributed by atoms with Crippen LogP contribution in [0.3, 0.4) is 0 Å². The predicted octanol–water partition coefficient (Wildman–Crippen LogP) is 2.75.